The molecule has 4 nitrogen and oxygen atoms in total. The maximum Gasteiger partial charge on any atom is 0.226 e. The minimum Gasteiger partial charge on any atom is -0.302 e. The fourth-order valence-electron chi connectivity index (χ4n) is 4.00. The van der Waals surface area contributed by atoms with Crippen LogP contribution in [0.3, 0.4) is 0 Å². The summed E-state index contributed by atoms with van der Waals surface area (Å²) in [5.41, 5.74) is 3.95. The van der Waals surface area contributed by atoms with Gasteiger partial charge in [0.05, 0.1) is 5.69 Å². The monoisotopic (exact) mass is 391 g/mol. The molecule has 0 atom stereocenters. The number of thiazole rings is 1. The van der Waals surface area contributed by atoms with E-state index in [4.69, 9.17) is 0 Å². The van der Waals surface area contributed by atoms with Crippen molar-refractivity contribution in [2.45, 2.75) is 51.6 Å². The van der Waals surface area contributed by atoms with Crippen molar-refractivity contribution in [2.24, 2.45) is 5.92 Å². The Morgan fingerprint density at radius 1 is 1.23 bits per heavy atom. The standard InChI is InChI=1S/C20H25N3OS.ClH/c24-19(11-15-5-1-2-6-15)22-20-21-18(14-25-20)13-23-10-9-16-7-3-4-8-17(16)12-23;/h3-4,7-8,14-15H,1-2,5-6,9-13H2,(H,21,22,24);1H. The third-order valence-electron chi connectivity index (χ3n) is 5.34. The number of halogens is 1. The van der Waals surface area contributed by atoms with Crippen LogP contribution >= 0.6 is 23.7 Å². The number of carbonyl (C=O) groups excluding carboxylic acids is 1. The van der Waals surface area contributed by atoms with Crippen LogP contribution in [-0.2, 0) is 24.3 Å². The highest BCUT2D eigenvalue weighted by atomic mass is 35.5. The van der Waals surface area contributed by atoms with Crippen LogP contribution < -0.4 is 5.32 Å². The van der Waals surface area contributed by atoms with E-state index < -0.39 is 0 Å². The van der Waals surface area contributed by atoms with Gasteiger partial charge in [0.25, 0.3) is 0 Å². The van der Waals surface area contributed by atoms with Crippen LogP contribution in [0.4, 0.5) is 5.13 Å². The normalized spacial score (nSPS) is 17.5. The summed E-state index contributed by atoms with van der Waals surface area (Å²) in [5.74, 6) is 0.701. The maximum atomic E-state index is 12.2. The van der Waals surface area contributed by atoms with Crippen LogP contribution in [0.1, 0.15) is 48.9 Å². The Bertz CT molecular complexity index is 742. The molecule has 0 saturated heterocycles. The summed E-state index contributed by atoms with van der Waals surface area (Å²) in [4.78, 5) is 19.2. The van der Waals surface area contributed by atoms with E-state index >= 15 is 0 Å². The summed E-state index contributed by atoms with van der Waals surface area (Å²) in [6, 6.07) is 8.68. The Kier molecular flexibility index (Phi) is 6.68. The lowest BCUT2D eigenvalue weighted by molar-refractivity contribution is -0.117. The first-order valence-electron chi connectivity index (χ1n) is 9.29. The quantitative estimate of drug-likeness (QED) is 0.807. The number of nitrogens with one attached hydrogen (secondary N) is 1. The molecule has 1 aromatic heterocycles. The molecule has 0 bridgehead atoms. The van der Waals surface area contributed by atoms with Crippen molar-refractivity contribution in [3.8, 4) is 0 Å². The first-order valence-corrected chi connectivity index (χ1v) is 10.2. The number of fused-ring (bicyclic) bond motifs is 1. The van der Waals surface area contributed by atoms with Gasteiger partial charge in [0.15, 0.2) is 5.13 Å². The van der Waals surface area contributed by atoms with Gasteiger partial charge in [-0.3, -0.25) is 9.69 Å². The van der Waals surface area contributed by atoms with E-state index in [0.29, 0.717) is 12.3 Å². The highest BCUT2D eigenvalue weighted by Gasteiger charge is 2.20. The topological polar surface area (TPSA) is 45.2 Å². The third-order valence-corrected chi connectivity index (χ3v) is 6.15. The SMILES string of the molecule is Cl.O=C(CC1CCCC1)Nc1nc(CN2CCc3ccccc3C2)cs1. The largest absolute Gasteiger partial charge is 0.302 e. The molecule has 4 rings (SSSR count). The van der Waals surface area contributed by atoms with E-state index in [2.05, 4.69) is 44.8 Å². The molecule has 2 aliphatic rings. The van der Waals surface area contributed by atoms with Crippen molar-refractivity contribution >= 4 is 34.8 Å². The van der Waals surface area contributed by atoms with Crippen molar-refractivity contribution in [3.05, 3.63) is 46.5 Å². The molecule has 2 aromatic rings. The third kappa shape index (κ3) is 4.84. The first kappa shape index (κ1) is 19.3. The van der Waals surface area contributed by atoms with E-state index in [1.54, 1.807) is 11.3 Å². The summed E-state index contributed by atoms with van der Waals surface area (Å²) in [5, 5.41) is 5.81. The number of hydrogen-bond donors (Lipinski definition) is 1. The molecule has 1 aromatic carbocycles. The molecule has 6 heteroatoms. The Morgan fingerprint density at radius 3 is 2.81 bits per heavy atom. The van der Waals surface area contributed by atoms with Gasteiger partial charge in [0, 0.05) is 31.4 Å². The molecule has 1 aliphatic heterocycles. The van der Waals surface area contributed by atoms with Crippen LogP contribution in [0.2, 0.25) is 0 Å². The highest BCUT2D eigenvalue weighted by Crippen LogP contribution is 2.28. The molecule has 140 valence electrons. The van der Waals surface area contributed by atoms with E-state index in [9.17, 15) is 4.79 Å². The average Bonchev–Trinajstić information content (AvgIpc) is 3.27. The lowest BCUT2D eigenvalue weighted by atomic mass is 10.00. The second-order valence-electron chi connectivity index (χ2n) is 7.28. The van der Waals surface area contributed by atoms with Crippen molar-refractivity contribution in [1.82, 2.24) is 9.88 Å². The number of aromatic nitrogens is 1. The van der Waals surface area contributed by atoms with Crippen LogP contribution in [0.5, 0.6) is 0 Å². The van der Waals surface area contributed by atoms with Crippen LogP contribution in [0.15, 0.2) is 29.6 Å². The van der Waals surface area contributed by atoms with Gasteiger partial charge in [-0.15, -0.1) is 23.7 Å². The summed E-state index contributed by atoms with van der Waals surface area (Å²) >= 11 is 1.54. The molecular weight excluding hydrogens is 366 g/mol. The Labute approximate surface area is 165 Å². The number of carbonyl (C=O) groups is 1. The predicted molar refractivity (Wildman–Crippen MR) is 109 cm³/mol. The molecule has 1 aliphatic carbocycles. The van der Waals surface area contributed by atoms with Gasteiger partial charge >= 0.3 is 0 Å². The van der Waals surface area contributed by atoms with E-state index in [1.165, 1.54) is 36.8 Å². The minimum absolute atomic E-state index is 0. The van der Waals surface area contributed by atoms with Gasteiger partial charge in [-0.05, 0) is 36.3 Å². The fraction of sp³-hybridized carbons (Fsp3) is 0.500. The Hall–Kier alpha value is -1.43. The number of anilines is 1. The highest BCUT2D eigenvalue weighted by molar-refractivity contribution is 7.13. The lowest BCUT2D eigenvalue weighted by Crippen LogP contribution is -2.30. The number of benzene rings is 1. The van der Waals surface area contributed by atoms with Crippen LogP contribution in [-0.4, -0.2) is 22.3 Å². The Morgan fingerprint density at radius 2 is 2.00 bits per heavy atom. The zero-order chi connectivity index (χ0) is 17.1. The van der Waals surface area contributed by atoms with Gasteiger partial charge in [-0.25, -0.2) is 4.98 Å². The second-order valence-corrected chi connectivity index (χ2v) is 8.13. The molecule has 26 heavy (non-hydrogen) atoms. The van der Waals surface area contributed by atoms with Gasteiger partial charge in [-0.2, -0.15) is 0 Å². The van der Waals surface area contributed by atoms with Crippen molar-refractivity contribution in [1.29, 1.82) is 0 Å². The molecule has 0 unspecified atom stereocenters. The first-order chi connectivity index (χ1) is 12.3. The van der Waals surface area contributed by atoms with Crippen LogP contribution in [0, 0.1) is 5.92 Å². The molecule has 1 N–H and O–H groups in total. The number of rotatable bonds is 5. The van der Waals surface area contributed by atoms with Crippen molar-refractivity contribution in [3.63, 3.8) is 0 Å². The maximum absolute atomic E-state index is 12.2. The summed E-state index contributed by atoms with van der Waals surface area (Å²) < 4.78 is 0. The zero-order valence-corrected chi connectivity index (χ0v) is 16.6. The van der Waals surface area contributed by atoms with Gasteiger partial charge < -0.3 is 5.32 Å². The molecule has 1 amide bonds. The predicted octanol–water partition coefficient (Wildman–Crippen LogP) is 4.64. The van der Waals surface area contributed by atoms with Gasteiger partial charge in [0.2, 0.25) is 5.91 Å². The number of nitrogens with zero attached hydrogens (tertiary/aromatic N) is 2. The summed E-state index contributed by atoms with van der Waals surface area (Å²) in [6.45, 7) is 2.90. The fourth-order valence-corrected chi connectivity index (χ4v) is 4.72. The van der Waals surface area contributed by atoms with Gasteiger partial charge in [0.1, 0.15) is 0 Å². The molecule has 1 fully saturated rings. The van der Waals surface area contributed by atoms with Crippen molar-refractivity contribution < 1.29 is 4.79 Å². The van der Waals surface area contributed by atoms with Crippen molar-refractivity contribution in [2.75, 3.05) is 11.9 Å². The van der Waals surface area contributed by atoms with E-state index in [0.717, 1.165) is 36.9 Å². The molecule has 0 spiro atoms. The molecule has 1 saturated carbocycles. The Balaban J connectivity index is 0.00000196. The molecule has 0 radical (unpaired) electrons. The second kappa shape index (κ2) is 8.98. The molecule has 2 heterocycles. The number of amides is 1. The number of hydrogen-bond acceptors (Lipinski definition) is 4. The van der Waals surface area contributed by atoms with Crippen LogP contribution in [0.25, 0.3) is 0 Å². The summed E-state index contributed by atoms with van der Waals surface area (Å²) in [6.07, 6.45) is 6.71. The average molecular weight is 392 g/mol. The minimum atomic E-state index is 0. The zero-order valence-electron chi connectivity index (χ0n) is 14.9. The molecular formula is C20H26ClN3OS. The smallest absolute Gasteiger partial charge is 0.226 e. The summed E-state index contributed by atoms with van der Waals surface area (Å²) in [7, 11) is 0. The lowest BCUT2D eigenvalue weighted by Gasteiger charge is -2.27. The van der Waals surface area contributed by atoms with Gasteiger partial charge in [-0.1, -0.05) is 37.1 Å². The van der Waals surface area contributed by atoms with E-state index in [-0.39, 0.29) is 18.3 Å². The van der Waals surface area contributed by atoms with E-state index in [1.807, 2.05) is 0 Å².